The largest absolute Gasteiger partial charge is 0.462 e. The summed E-state index contributed by atoms with van der Waals surface area (Å²) in [7, 11) is 0. The Bertz CT molecular complexity index is 1060. The Hall–Kier alpha value is -2.63. The van der Waals surface area contributed by atoms with Gasteiger partial charge < -0.3 is 14.2 Å². The van der Waals surface area contributed by atoms with Gasteiger partial charge in [-0.15, -0.1) is 0 Å². The van der Waals surface area contributed by atoms with Crippen LogP contribution in [0, 0.1) is 0 Å². The van der Waals surface area contributed by atoms with Crippen molar-refractivity contribution in [2.75, 3.05) is 13.2 Å². The van der Waals surface area contributed by atoms with Crippen LogP contribution in [-0.2, 0) is 28.6 Å². The van der Waals surface area contributed by atoms with E-state index in [2.05, 4.69) is 69.4 Å². The molecule has 6 heteroatoms. The van der Waals surface area contributed by atoms with Crippen LogP contribution in [0.1, 0.15) is 258 Å². The minimum atomic E-state index is -0.782. The average Bonchev–Trinajstić information content (AvgIpc) is 3.24. The first-order valence-corrected chi connectivity index (χ1v) is 25.6. The van der Waals surface area contributed by atoms with E-state index in [9.17, 15) is 14.4 Å². The Morgan fingerprint density at radius 3 is 0.950 bits per heavy atom. The van der Waals surface area contributed by atoms with E-state index in [0.717, 1.165) is 103 Å². The first-order valence-electron chi connectivity index (χ1n) is 25.6. The summed E-state index contributed by atoms with van der Waals surface area (Å²) < 4.78 is 16.8. The molecule has 0 aliphatic heterocycles. The average molecular weight is 841 g/mol. The van der Waals surface area contributed by atoms with Crippen molar-refractivity contribution in [3.63, 3.8) is 0 Å². The van der Waals surface area contributed by atoms with Gasteiger partial charge >= 0.3 is 17.9 Å². The van der Waals surface area contributed by atoms with Crippen LogP contribution in [0.15, 0.2) is 48.6 Å². The Balaban J connectivity index is 4.41. The van der Waals surface area contributed by atoms with Crippen molar-refractivity contribution in [3.8, 4) is 0 Å². The van der Waals surface area contributed by atoms with Gasteiger partial charge in [-0.3, -0.25) is 14.4 Å². The molecule has 0 fully saturated rings. The quantitative estimate of drug-likeness (QED) is 0.0263. The summed E-state index contributed by atoms with van der Waals surface area (Å²) in [5.74, 6) is -0.904. The summed E-state index contributed by atoms with van der Waals surface area (Å²) in [6.45, 7) is 6.57. The number of rotatable bonds is 46. The Labute approximate surface area is 371 Å². The molecule has 1 unspecified atom stereocenters. The molecule has 0 aromatic rings. The van der Waals surface area contributed by atoms with Gasteiger partial charge in [-0.1, -0.05) is 204 Å². The summed E-state index contributed by atoms with van der Waals surface area (Å²) in [5.41, 5.74) is 0. The monoisotopic (exact) mass is 841 g/mol. The van der Waals surface area contributed by atoms with Crippen molar-refractivity contribution in [2.45, 2.75) is 264 Å². The minimum Gasteiger partial charge on any atom is -0.462 e. The van der Waals surface area contributed by atoms with Gasteiger partial charge in [0.25, 0.3) is 0 Å². The summed E-state index contributed by atoms with van der Waals surface area (Å²) in [4.78, 5) is 37.9. The molecule has 0 radical (unpaired) electrons. The molecule has 6 nitrogen and oxygen atoms in total. The van der Waals surface area contributed by atoms with Crippen LogP contribution in [0.2, 0.25) is 0 Å². The van der Waals surface area contributed by atoms with Crippen molar-refractivity contribution in [1.29, 1.82) is 0 Å². The first-order chi connectivity index (χ1) is 29.5. The van der Waals surface area contributed by atoms with Crippen molar-refractivity contribution >= 4 is 17.9 Å². The maximum atomic E-state index is 12.8. The molecule has 0 amide bonds. The predicted molar refractivity (Wildman–Crippen MR) is 256 cm³/mol. The standard InChI is InChI=1S/C54H96O6/c1-4-7-10-13-16-19-22-25-27-29-32-35-38-41-44-47-53(56)59-50-51(49-58-52(55)46-43-40-37-34-31-24-21-18-15-12-9-6-3)60-54(57)48-45-42-39-36-33-30-28-26-23-20-17-14-11-8-5-2/h16-17,19-20,25-28,51H,4-15,18,21-24,29-50H2,1-3H3/b19-16-,20-17-,27-25-,28-26-. The molecule has 0 rings (SSSR count). The van der Waals surface area contributed by atoms with Crippen LogP contribution >= 0.6 is 0 Å². The molecule has 0 saturated heterocycles. The number of hydrogen-bond donors (Lipinski definition) is 0. The van der Waals surface area contributed by atoms with E-state index in [1.807, 2.05) is 0 Å². The van der Waals surface area contributed by atoms with Crippen molar-refractivity contribution in [2.24, 2.45) is 0 Å². The maximum absolute atomic E-state index is 12.8. The first kappa shape index (κ1) is 57.4. The van der Waals surface area contributed by atoms with Crippen LogP contribution < -0.4 is 0 Å². The summed E-state index contributed by atoms with van der Waals surface area (Å²) in [5, 5.41) is 0. The maximum Gasteiger partial charge on any atom is 0.306 e. The Morgan fingerprint density at radius 1 is 0.333 bits per heavy atom. The van der Waals surface area contributed by atoms with Crippen LogP contribution in [0.5, 0.6) is 0 Å². The molecule has 0 bridgehead atoms. The fourth-order valence-corrected chi connectivity index (χ4v) is 7.15. The minimum absolute atomic E-state index is 0.0814. The lowest BCUT2D eigenvalue weighted by atomic mass is 10.0. The van der Waals surface area contributed by atoms with Gasteiger partial charge in [0.05, 0.1) is 0 Å². The van der Waals surface area contributed by atoms with Gasteiger partial charge in [-0.05, 0) is 83.5 Å². The highest BCUT2D eigenvalue weighted by molar-refractivity contribution is 5.71. The van der Waals surface area contributed by atoms with Gasteiger partial charge in [0, 0.05) is 19.3 Å². The summed E-state index contributed by atoms with van der Waals surface area (Å²) in [6, 6.07) is 0. The molecule has 348 valence electrons. The second-order valence-corrected chi connectivity index (χ2v) is 17.1. The second-order valence-electron chi connectivity index (χ2n) is 17.1. The lowest BCUT2D eigenvalue weighted by molar-refractivity contribution is -0.167. The van der Waals surface area contributed by atoms with Crippen LogP contribution in [-0.4, -0.2) is 37.2 Å². The van der Waals surface area contributed by atoms with E-state index < -0.39 is 6.10 Å². The van der Waals surface area contributed by atoms with Gasteiger partial charge in [0.1, 0.15) is 13.2 Å². The van der Waals surface area contributed by atoms with Gasteiger partial charge in [0.15, 0.2) is 6.10 Å². The third-order valence-electron chi connectivity index (χ3n) is 11.1. The molecule has 0 aliphatic carbocycles. The molecular formula is C54H96O6. The van der Waals surface area contributed by atoms with Crippen LogP contribution in [0.4, 0.5) is 0 Å². The van der Waals surface area contributed by atoms with Crippen LogP contribution in [0.3, 0.4) is 0 Å². The lowest BCUT2D eigenvalue weighted by Gasteiger charge is -2.18. The molecule has 1 atom stereocenters. The molecule has 0 N–H and O–H groups in total. The van der Waals surface area contributed by atoms with Crippen molar-refractivity contribution < 1.29 is 28.6 Å². The number of carbonyl (C=O) groups is 3. The topological polar surface area (TPSA) is 78.9 Å². The zero-order valence-electron chi connectivity index (χ0n) is 39.7. The number of ether oxygens (including phenoxy) is 3. The highest BCUT2D eigenvalue weighted by atomic mass is 16.6. The second kappa shape index (κ2) is 49.0. The van der Waals surface area contributed by atoms with E-state index in [-0.39, 0.29) is 31.1 Å². The molecule has 0 aliphatic rings. The van der Waals surface area contributed by atoms with Gasteiger partial charge in [0.2, 0.25) is 0 Å². The number of esters is 3. The predicted octanol–water partition coefficient (Wildman–Crippen LogP) is 16.7. The fraction of sp³-hybridized carbons (Fsp3) is 0.796. The van der Waals surface area contributed by atoms with Crippen molar-refractivity contribution in [1.82, 2.24) is 0 Å². The van der Waals surface area contributed by atoms with E-state index >= 15 is 0 Å². The number of allylic oxidation sites excluding steroid dienone is 8. The fourth-order valence-electron chi connectivity index (χ4n) is 7.15. The van der Waals surface area contributed by atoms with E-state index in [0.29, 0.717) is 19.3 Å². The third kappa shape index (κ3) is 46.4. The molecule has 0 aromatic heterocycles. The van der Waals surface area contributed by atoms with Crippen molar-refractivity contribution in [3.05, 3.63) is 48.6 Å². The summed E-state index contributed by atoms with van der Waals surface area (Å²) >= 11 is 0. The third-order valence-corrected chi connectivity index (χ3v) is 11.1. The number of hydrogen-bond acceptors (Lipinski definition) is 6. The van der Waals surface area contributed by atoms with E-state index in [4.69, 9.17) is 14.2 Å². The van der Waals surface area contributed by atoms with E-state index in [1.54, 1.807) is 0 Å². The highest BCUT2D eigenvalue weighted by Crippen LogP contribution is 2.15. The van der Waals surface area contributed by atoms with Gasteiger partial charge in [-0.25, -0.2) is 0 Å². The number of carbonyl (C=O) groups excluding carboxylic acids is 3. The molecular weight excluding hydrogens is 745 g/mol. The lowest BCUT2D eigenvalue weighted by Crippen LogP contribution is -2.30. The Morgan fingerprint density at radius 2 is 0.600 bits per heavy atom. The highest BCUT2D eigenvalue weighted by Gasteiger charge is 2.19. The summed E-state index contributed by atoms with van der Waals surface area (Å²) in [6.07, 6.45) is 58.0. The van der Waals surface area contributed by atoms with Gasteiger partial charge in [-0.2, -0.15) is 0 Å². The van der Waals surface area contributed by atoms with E-state index in [1.165, 1.54) is 116 Å². The molecule has 0 saturated carbocycles. The molecule has 60 heavy (non-hydrogen) atoms. The van der Waals surface area contributed by atoms with Crippen LogP contribution in [0.25, 0.3) is 0 Å². The smallest absolute Gasteiger partial charge is 0.306 e. The molecule has 0 aromatic carbocycles. The number of unbranched alkanes of at least 4 members (excludes halogenated alkanes) is 27. The SMILES string of the molecule is CCCCC/C=C\C/C=C\CCCCCCCC(=O)OCC(COC(=O)CCCCCCCCCCCCCC)OC(=O)CCCCCCC/C=C\C/C=C\CCCCC. The Kier molecular flexibility index (Phi) is 46.9. The zero-order chi connectivity index (χ0) is 43.7. The zero-order valence-corrected chi connectivity index (χ0v) is 39.7. The molecule has 0 heterocycles. The normalized spacial score (nSPS) is 12.4. The molecule has 0 spiro atoms.